The van der Waals surface area contributed by atoms with Crippen molar-refractivity contribution in [1.82, 2.24) is 0 Å². The molecule has 0 spiro atoms. The maximum atomic E-state index is 11.9. The number of carbonyl (C=O) groups is 1. The lowest BCUT2D eigenvalue weighted by molar-refractivity contribution is -0.115. The van der Waals surface area contributed by atoms with Gasteiger partial charge in [-0.2, -0.15) is 11.8 Å². The Hall–Kier alpha value is -1.74. The monoisotopic (exact) mass is 313 g/mol. The van der Waals surface area contributed by atoms with Crippen LogP contribution in [0.2, 0.25) is 0 Å². The van der Waals surface area contributed by atoms with Gasteiger partial charge in [-0.15, -0.1) is 0 Å². The van der Waals surface area contributed by atoms with Gasteiger partial charge in [0.1, 0.15) is 0 Å². The van der Waals surface area contributed by atoms with Gasteiger partial charge in [-0.3, -0.25) is 4.79 Å². The number of nitrogens with one attached hydrogen (secondary N) is 1. The summed E-state index contributed by atoms with van der Waals surface area (Å²) < 4.78 is 0. The van der Waals surface area contributed by atoms with Gasteiger partial charge < -0.3 is 5.32 Å². The molecule has 116 valence electrons. The van der Waals surface area contributed by atoms with Crippen molar-refractivity contribution in [3.63, 3.8) is 0 Å². The van der Waals surface area contributed by atoms with E-state index in [0.717, 1.165) is 17.2 Å². The number of amides is 1. The number of thioether (sulfide) groups is 1. The average molecular weight is 313 g/mol. The molecule has 3 heteroatoms. The Morgan fingerprint density at radius 2 is 1.73 bits per heavy atom. The van der Waals surface area contributed by atoms with E-state index in [1.165, 1.54) is 11.1 Å². The topological polar surface area (TPSA) is 29.1 Å². The summed E-state index contributed by atoms with van der Waals surface area (Å²) in [6, 6.07) is 18.4. The summed E-state index contributed by atoms with van der Waals surface area (Å²) >= 11 is 1.79. The van der Waals surface area contributed by atoms with E-state index in [1.54, 1.807) is 11.8 Å². The van der Waals surface area contributed by atoms with Crippen molar-refractivity contribution in [2.75, 3.05) is 11.1 Å². The molecule has 0 radical (unpaired) electrons. The third kappa shape index (κ3) is 5.57. The lowest BCUT2D eigenvalue weighted by atomic mass is 10.0. The first kappa shape index (κ1) is 16.6. The molecule has 0 atom stereocenters. The minimum atomic E-state index is 0.0814. The van der Waals surface area contributed by atoms with E-state index in [2.05, 4.69) is 43.4 Å². The largest absolute Gasteiger partial charge is 0.326 e. The third-order valence-electron chi connectivity index (χ3n) is 3.45. The summed E-state index contributed by atoms with van der Waals surface area (Å²) in [4.78, 5) is 11.9. The summed E-state index contributed by atoms with van der Waals surface area (Å²) in [5.41, 5.74) is 3.47. The molecule has 1 N–H and O–H groups in total. The van der Waals surface area contributed by atoms with Crippen molar-refractivity contribution < 1.29 is 4.79 Å². The highest BCUT2D eigenvalue weighted by Crippen LogP contribution is 2.18. The molecule has 2 aromatic carbocycles. The fourth-order valence-corrected chi connectivity index (χ4v) is 3.01. The summed E-state index contributed by atoms with van der Waals surface area (Å²) in [6.45, 7) is 4.33. The second kappa shape index (κ2) is 8.64. The minimum absolute atomic E-state index is 0.0814. The first-order chi connectivity index (χ1) is 10.6. The molecule has 0 aliphatic heterocycles. The van der Waals surface area contributed by atoms with Crippen LogP contribution in [0.5, 0.6) is 0 Å². The maximum Gasteiger partial charge on any atom is 0.225 e. The van der Waals surface area contributed by atoms with E-state index in [4.69, 9.17) is 0 Å². The van der Waals surface area contributed by atoms with Gasteiger partial charge in [0.15, 0.2) is 0 Å². The zero-order chi connectivity index (χ0) is 15.8. The van der Waals surface area contributed by atoms with E-state index < -0.39 is 0 Å². The van der Waals surface area contributed by atoms with Crippen LogP contribution in [0, 0.1) is 0 Å². The summed E-state index contributed by atoms with van der Waals surface area (Å²) in [6.07, 6.45) is 0.545. The summed E-state index contributed by atoms with van der Waals surface area (Å²) in [7, 11) is 0. The smallest absolute Gasteiger partial charge is 0.225 e. The molecule has 1 amide bonds. The highest BCUT2D eigenvalue weighted by molar-refractivity contribution is 7.98. The molecule has 0 saturated carbocycles. The molecule has 0 aromatic heterocycles. The molecule has 22 heavy (non-hydrogen) atoms. The van der Waals surface area contributed by atoms with Crippen LogP contribution in [0.25, 0.3) is 0 Å². The summed E-state index contributed by atoms with van der Waals surface area (Å²) in [5.74, 6) is 2.39. The van der Waals surface area contributed by atoms with E-state index in [1.807, 2.05) is 30.3 Å². The second-order valence-corrected chi connectivity index (χ2v) is 6.72. The lowest BCUT2D eigenvalue weighted by Crippen LogP contribution is -2.12. The van der Waals surface area contributed by atoms with Crippen LogP contribution >= 0.6 is 11.8 Å². The van der Waals surface area contributed by atoms with Crippen LogP contribution in [0.1, 0.15) is 37.3 Å². The SMILES string of the molecule is CC(C)c1ccc(NC(=O)CCSCc2ccccc2)cc1. The molecule has 2 rings (SSSR count). The van der Waals surface area contributed by atoms with Crippen LogP contribution in [0.15, 0.2) is 54.6 Å². The first-order valence-electron chi connectivity index (χ1n) is 7.66. The lowest BCUT2D eigenvalue weighted by Gasteiger charge is -2.08. The molecule has 0 unspecified atom stereocenters. The molecule has 0 fully saturated rings. The molecule has 0 bridgehead atoms. The fourth-order valence-electron chi connectivity index (χ4n) is 2.10. The Morgan fingerprint density at radius 1 is 1.05 bits per heavy atom. The van der Waals surface area contributed by atoms with Gasteiger partial charge >= 0.3 is 0 Å². The molecule has 0 aliphatic carbocycles. The molecule has 0 aliphatic rings. The Kier molecular flexibility index (Phi) is 6.53. The number of benzene rings is 2. The van der Waals surface area contributed by atoms with Gasteiger partial charge in [-0.25, -0.2) is 0 Å². The first-order valence-corrected chi connectivity index (χ1v) is 8.82. The highest BCUT2D eigenvalue weighted by Gasteiger charge is 2.04. The van der Waals surface area contributed by atoms with E-state index in [-0.39, 0.29) is 5.91 Å². The van der Waals surface area contributed by atoms with Crippen LogP contribution in [0.3, 0.4) is 0 Å². The highest BCUT2D eigenvalue weighted by atomic mass is 32.2. The predicted molar refractivity (Wildman–Crippen MR) is 96.4 cm³/mol. The number of hydrogen-bond donors (Lipinski definition) is 1. The van der Waals surface area contributed by atoms with Crippen molar-refractivity contribution in [1.29, 1.82) is 0 Å². The molecule has 0 saturated heterocycles. The van der Waals surface area contributed by atoms with Crippen LogP contribution in [0.4, 0.5) is 5.69 Å². The predicted octanol–water partition coefficient (Wildman–Crippen LogP) is 5.07. The quantitative estimate of drug-likeness (QED) is 0.723. The second-order valence-electron chi connectivity index (χ2n) is 5.61. The number of hydrogen-bond acceptors (Lipinski definition) is 2. The van der Waals surface area contributed by atoms with E-state index in [0.29, 0.717) is 12.3 Å². The van der Waals surface area contributed by atoms with Gasteiger partial charge in [0.2, 0.25) is 5.91 Å². The van der Waals surface area contributed by atoms with E-state index in [9.17, 15) is 4.79 Å². The normalized spacial score (nSPS) is 10.7. The number of anilines is 1. The molecular formula is C19H23NOS. The Labute approximate surface area is 137 Å². The molecule has 2 nitrogen and oxygen atoms in total. The van der Waals surface area contributed by atoms with Crippen molar-refractivity contribution >= 4 is 23.4 Å². The van der Waals surface area contributed by atoms with Gasteiger partial charge in [-0.1, -0.05) is 56.3 Å². The molecule has 0 heterocycles. The van der Waals surface area contributed by atoms with Gasteiger partial charge in [0, 0.05) is 23.6 Å². The van der Waals surface area contributed by atoms with Gasteiger partial charge in [-0.05, 0) is 29.2 Å². The third-order valence-corrected chi connectivity index (χ3v) is 4.48. The fraction of sp³-hybridized carbons (Fsp3) is 0.316. The van der Waals surface area contributed by atoms with Gasteiger partial charge in [0.25, 0.3) is 0 Å². The van der Waals surface area contributed by atoms with Crippen LogP contribution in [-0.4, -0.2) is 11.7 Å². The van der Waals surface area contributed by atoms with Crippen molar-refractivity contribution in [3.05, 3.63) is 65.7 Å². The van der Waals surface area contributed by atoms with Crippen molar-refractivity contribution in [3.8, 4) is 0 Å². The average Bonchev–Trinajstić information content (AvgIpc) is 2.53. The Morgan fingerprint density at radius 3 is 2.36 bits per heavy atom. The summed E-state index contributed by atoms with van der Waals surface area (Å²) in [5, 5.41) is 2.95. The van der Waals surface area contributed by atoms with Gasteiger partial charge in [0.05, 0.1) is 0 Å². The Balaban J connectivity index is 1.69. The van der Waals surface area contributed by atoms with Crippen molar-refractivity contribution in [2.24, 2.45) is 0 Å². The van der Waals surface area contributed by atoms with Crippen LogP contribution < -0.4 is 5.32 Å². The van der Waals surface area contributed by atoms with E-state index >= 15 is 0 Å². The minimum Gasteiger partial charge on any atom is -0.326 e. The van der Waals surface area contributed by atoms with Crippen molar-refractivity contribution in [2.45, 2.75) is 31.9 Å². The number of rotatable bonds is 7. The molecular weight excluding hydrogens is 290 g/mol. The number of carbonyl (C=O) groups excluding carboxylic acids is 1. The zero-order valence-electron chi connectivity index (χ0n) is 13.2. The molecule has 2 aromatic rings. The zero-order valence-corrected chi connectivity index (χ0v) is 14.0. The maximum absolute atomic E-state index is 11.9. The standard InChI is InChI=1S/C19H23NOS/c1-15(2)17-8-10-18(11-9-17)20-19(21)12-13-22-14-16-6-4-3-5-7-16/h3-11,15H,12-14H2,1-2H3,(H,20,21). The Bertz CT molecular complexity index is 578. The van der Waals surface area contributed by atoms with Crippen LogP contribution in [-0.2, 0) is 10.5 Å².